The Bertz CT molecular complexity index is 590. The van der Waals surface area contributed by atoms with Crippen LogP contribution in [0.15, 0.2) is 36.4 Å². The molecule has 0 heterocycles. The van der Waals surface area contributed by atoms with Gasteiger partial charge in [-0.15, -0.1) is 0 Å². The molecule has 106 valence electrons. The maximum Gasteiger partial charge on any atom is 0.152 e. The highest BCUT2D eigenvalue weighted by Crippen LogP contribution is 2.22. The molecule has 0 radical (unpaired) electrons. The minimum Gasteiger partial charge on any atom is -0.378 e. The third kappa shape index (κ3) is 3.29. The molecule has 5 heteroatoms. The topological polar surface area (TPSA) is 12.0 Å². The number of anilines is 1. The average molecular weight is 283 g/mol. The molecule has 0 amide bonds. The van der Waals surface area contributed by atoms with E-state index < -0.39 is 29.2 Å². The Morgan fingerprint density at radius 2 is 1.55 bits per heavy atom. The number of benzene rings is 2. The second-order valence-corrected chi connectivity index (χ2v) is 4.59. The Morgan fingerprint density at radius 1 is 0.950 bits per heavy atom. The van der Waals surface area contributed by atoms with Gasteiger partial charge in [0.15, 0.2) is 11.6 Å². The normalized spacial score (nSPS) is 12.2. The lowest BCUT2D eigenvalue weighted by Gasteiger charge is -2.17. The number of rotatable bonds is 4. The van der Waals surface area contributed by atoms with Gasteiger partial charge in [0.05, 0.1) is 0 Å². The molecule has 0 aliphatic rings. The zero-order chi connectivity index (χ0) is 14.7. The van der Waals surface area contributed by atoms with Crippen LogP contribution >= 0.6 is 0 Å². The van der Waals surface area contributed by atoms with Crippen LogP contribution in [0.3, 0.4) is 0 Å². The predicted octanol–water partition coefficient (Wildman–Crippen LogP) is 4.29. The quantitative estimate of drug-likeness (QED) is 0.826. The van der Waals surface area contributed by atoms with Crippen molar-refractivity contribution in [2.45, 2.75) is 19.4 Å². The lowest BCUT2D eigenvalue weighted by molar-refractivity contribution is 0.543. The number of nitrogens with one attached hydrogen (secondary N) is 1. The molecule has 1 N–H and O–H groups in total. The molecule has 1 atom stereocenters. The van der Waals surface area contributed by atoms with Crippen molar-refractivity contribution < 1.29 is 17.6 Å². The lowest BCUT2D eigenvalue weighted by atomic mass is 10.1. The number of hydrogen-bond donors (Lipinski definition) is 1. The Hall–Kier alpha value is -2.04. The standard InChI is InChI=1S/C15H13F4N/c1-9(6-10-4-2-3-5-12(10)17)20-15-13(18)7-11(16)8-14(15)19/h2-5,7-9,20H,6H2,1H3. The number of halogens is 4. The summed E-state index contributed by atoms with van der Waals surface area (Å²) in [6.45, 7) is 1.66. The zero-order valence-corrected chi connectivity index (χ0v) is 10.8. The highest BCUT2D eigenvalue weighted by atomic mass is 19.1. The van der Waals surface area contributed by atoms with Crippen LogP contribution in [-0.4, -0.2) is 6.04 Å². The third-order valence-corrected chi connectivity index (χ3v) is 2.88. The average Bonchev–Trinajstić information content (AvgIpc) is 2.36. The fraction of sp³-hybridized carbons (Fsp3) is 0.200. The second kappa shape index (κ2) is 5.94. The highest BCUT2D eigenvalue weighted by Gasteiger charge is 2.14. The summed E-state index contributed by atoms with van der Waals surface area (Å²) in [7, 11) is 0. The van der Waals surface area contributed by atoms with Gasteiger partial charge < -0.3 is 5.32 Å². The Morgan fingerprint density at radius 3 is 2.15 bits per heavy atom. The summed E-state index contributed by atoms with van der Waals surface area (Å²) in [6, 6.07) is 6.95. The van der Waals surface area contributed by atoms with Crippen LogP contribution in [0.25, 0.3) is 0 Å². The molecule has 0 aliphatic heterocycles. The molecular weight excluding hydrogens is 270 g/mol. The molecule has 0 bridgehead atoms. The van der Waals surface area contributed by atoms with Crippen molar-refractivity contribution in [3.63, 3.8) is 0 Å². The summed E-state index contributed by atoms with van der Waals surface area (Å²) < 4.78 is 53.2. The van der Waals surface area contributed by atoms with Crippen LogP contribution in [0.5, 0.6) is 0 Å². The summed E-state index contributed by atoms with van der Waals surface area (Å²) >= 11 is 0. The third-order valence-electron chi connectivity index (χ3n) is 2.88. The second-order valence-electron chi connectivity index (χ2n) is 4.59. The first-order valence-corrected chi connectivity index (χ1v) is 6.12. The van der Waals surface area contributed by atoms with E-state index in [2.05, 4.69) is 5.32 Å². The molecule has 2 aromatic carbocycles. The Labute approximate surface area is 114 Å². The van der Waals surface area contributed by atoms with E-state index in [0.717, 1.165) is 0 Å². The fourth-order valence-corrected chi connectivity index (χ4v) is 1.97. The largest absolute Gasteiger partial charge is 0.378 e. The first-order chi connectivity index (χ1) is 9.47. The molecule has 0 saturated heterocycles. The smallest absolute Gasteiger partial charge is 0.152 e. The van der Waals surface area contributed by atoms with Gasteiger partial charge in [-0.3, -0.25) is 0 Å². The monoisotopic (exact) mass is 283 g/mol. The highest BCUT2D eigenvalue weighted by molar-refractivity contribution is 5.47. The molecule has 1 nitrogen and oxygen atoms in total. The van der Waals surface area contributed by atoms with Gasteiger partial charge in [-0.2, -0.15) is 0 Å². The van der Waals surface area contributed by atoms with Crippen molar-refractivity contribution in [2.75, 3.05) is 5.32 Å². The lowest BCUT2D eigenvalue weighted by Crippen LogP contribution is -2.20. The minimum atomic E-state index is -1.01. The van der Waals surface area contributed by atoms with E-state index in [9.17, 15) is 17.6 Å². The van der Waals surface area contributed by atoms with Gasteiger partial charge in [0.1, 0.15) is 17.3 Å². The first kappa shape index (κ1) is 14.4. The minimum absolute atomic E-state index is 0.253. The van der Waals surface area contributed by atoms with Crippen LogP contribution < -0.4 is 5.32 Å². The molecule has 0 saturated carbocycles. The van der Waals surface area contributed by atoms with Crippen molar-refractivity contribution >= 4 is 5.69 Å². The van der Waals surface area contributed by atoms with E-state index in [4.69, 9.17) is 0 Å². The summed E-state index contributed by atoms with van der Waals surface area (Å²) in [6.07, 6.45) is 0.253. The zero-order valence-electron chi connectivity index (χ0n) is 10.8. The molecule has 0 aromatic heterocycles. The molecule has 0 spiro atoms. The van der Waals surface area contributed by atoms with Gasteiger partial charge in [-0.05, 0) is 25.0 Å². The van der Waals surface area contributed by atoms with Crippen LogP contribution in [0.2, 0.25) is 0 Å². The van der Waals surface area contributed by atoms with Crippen LogP contribution in [0, 0.1) is 23.3 Å². The Balaban J connectivity index is 2.13. The fourth-order valence-electron chi connectivity index (χ4n) is 1.97. The Kier molecular flexibility index (Phi) is 4.27. The van der Waals surface area contributed by atoms with Gasteiger partial charge >= 0.3 is 0 Å². The van der Waals surface area contributed by atoms with Gasteiger partial charge in [-0.25, -0.2) is 17.6 Å². The van der Waals surface area contributed by atoms with Crippen LogP contribution in [-0.2, 0) is 6.42 Å². The summed E-state index contributed by atoms with van der Waals surface area (Å²) in [5.74, 6) is -3.38. The first-order valence-electron chi connectivity index (χ1n) is 6.12. The van der Waals surface area contributed by atoms with E-state index in [1.807, 2.05) is 0 Å². The van der Waals surface area contributed by atoms with E-state index in [1.54, 1.807) is 25.1 Å². The molecule has 0 fully saturated rings. The van der Waals surface area contributed by atoms with Gasteiger partial charge in [0.25, 0.3) is 0 Å². The molecule has 0 aliphatic carbocycles. The maximum absolute atomic E-state index is 13.5. The van der Waals surface area contributed by atoms with Crippen molar-refractivity contribution in [3.05, 3.63) is 65.2 Å². The summed E-state index contributed by atoms with van der Waals surface area (Å²) in [5, 5.41) is 2.60. The van der Waals surface area contributed by atoms with Crippen LogP contribution in [0.1, 0.15) is 12.5 Å². The van der Waals surface area contributed by atoms with E-state index in [1.165, 1.54) is 6.07 Å². The van der Waals surface area contributed by atoms with Gasteiger partial charge in [-0.1, -0.05) is 18.2 Å². The maximum atomic E-state index is 13.5. The summed E-state index contributed by atoms with van der Waals surface area (Å²) in [5.41, 5.74) is 0.0330. The van der Waals surface area contributed by atoms with E-state index in [0.29, 0.717) is 17.7 Å². The van der Waals surface area contributed by atoms with Crippen LogP contribution in [0.4, 0.5) is 23.2 Å². The van der Waals surface area contributed by atoms with Gasteiger partial charge in [0.2, 0.25) is 0 Å². The molecular formula is C15H13F4N. The summed E-state index contributed by atoms with van der Waals surface area (Å²) in [4.78, 5) is 0. The SMILES string of the molecule is CC(Cc1ccccc1F)Nc1c(F)cc(F)cc1F. The van der Waals surface area contributed by atoms with Gasteiger partial charge in [0, 0.05) is 18.2 Å². The van der Waals surface area contributed by atoms with Crippen molar-refractivity contribution in [2.24, 2.45) is 0 Å². The van der Waals surface area contributed by atoms with Crippen molar-refractivity contribution in [1.82, 2.24) is 0 Å². The van der Waals surface area contributed by atoms with Crippen molar-refractivity contribution in [3.8, 4) is 0 Å². The molecule has 2 rings (SSSR count). The molecule has 1 unspecified atom stereocenters. The number of hydrogen-bond acceptors (Lipinski definition) is 1. The molecule has 2 aromatic rings. The van der Waals surface area contributed by atoms with E-state index >= 15 is 0 Å². The van der Waals surface area contributed by atoms with E-state index in [-0.39, 0.29) is 12.2 Å². The van der Waals surface area contributed by atoms with Crippen molar-refractivity contribution in [1.29, 1.82) is 0 Å². The predicted molar refractivity (Wildman–Crippen MR) is 69.5 cm³/mol. The molecule has 20 heavy (non-hydrogen) atoms.